The fraction of sp³-hybridized carbons (Fsp3) is 0.368. The summed E-state index contributed by atoms with van der Waals surface area (Å²) in [4.78, 5) is 16.2. The van der Waals surface area contributed by atoms with Crippen LogP contribution in [0.4, 0.5) is 0 Å². The Hall–Kier alpha value is -2.80. The Balaban J connectivity index is 1.71. The molecule has 1 aromatic carbocycles. The fourth-order valence-corrected chi connectivity index (χ4v) is 2.33. The van der Waals surface area contributed by atoms with Gasteiger partial charge in [0.25, 0.3) is 5.91 Å². The summed E-state index contributed by atoms with van der Waals surface area (Å²) < 4.78 is 5.03. The molecule has 0 radical (unpaired) electrons. The molecule has 2 rings (SSSR count). The molecule has 1 amide bonds. The number of amides is 1. The number of benzene rings is 1. The van der Waals surface area contributed by atoms with Crippen molar-refractivity contribution in [2.24, 2.45) is 4.99 Å². The second-order valence-electron chi connectivity index (χ2n) is 5.64. The molecule has 2 aromatic rings. The first kappa shape index (κ1) is 19.5. The molecular weight excluding hydrogens is 332 g/mol. The molecule has 0 fully saturated rings. The maximum atomic E-state index is 11.8. The fourth-order valence-electron chi connectivity index (χ4n) is 2.33. The number of aliphatic hydroxyl groups is 1. The molecule has 140 valence electrons. The second-order valence-corrected chi connectivity index (χ2v) is 5.64. The van der Waals surface area contributed by atoms with E-state index in [9.17, 15) is 9.90 Å². The van der Waals surface area contributed by atoms with Crippen LogP contribution >= 0.6 is 0 Å². The van der Waals surface area contributed by atoms with E-state index in [2.05, 4.69) is 20.9 Å². The van der Waals surface area contributed by atoms with Gasteiger partial charge in [-0.3, -0.25) is 9.79 Å². The molecule has 4 N–H and O–H groups in total. The van der Waals surface area contributed by atoms with Gasteiger partial charge in [0.1, 0.15) is 0 Å². The summed E-state index contributed by atoms with van der Waals surface area (Å²) in [5, 5.41) is 19.2. The van der Waals surface area contributed by atoms with Crippen molar-refractivity contribution in [1.29, 1.82) is 0 Å². The van der Waals surface area contributed by atoms with Crippen LogP contribution in [0.3, 0.4) is 0 Å². The van der Waals surface area contributed by atoms with Crippen LogP contribution in [0, 0.1) is 0 Å². The number of guanidine groups is 1. The van der Waals surface area contributed by atoms with Gasteiger partial charge in [0.15, 0.2) is 11.7 Å². The van der Waals surface area contributed by atoms with Gasteiger partial charge in [-0.1, -0.05) is 30.3 Å². The van der Waals surface area contributed by atoms with Crippen molar-refractivity contribution < 1.29 is 14.3 Å². The third kappa shape index (κ3) is 6.60. The minimum Gasteiger partial charge on any atom is -0.459 e. The van der Waals surface area contributed by atoms with E-state index in [0.29, 0.717) is 37.8 Å². The number of nitrogens with one attached hydrogen (secondary N) is 3. The van der Waals surface area contributed by atoms with Crippen molar-refractivity contribution in [3.63, 3.8) is 0 Å². The van der Waals surface area contributed by atoms with E-state index in [4.69, 9.17) is 4.42 Å². The number of hydrogen-bond donors (Lipinski definition) is 4. The van der Waals surface area contributed by atoms with E-state index in [1.165, 1.54) is 6.26 Å². The van der Waals surface area contributed by atoms with Gasteiger partial charge in [0.2, 0.25) is 0 Å². The van der Waals surface area contributed by atoms with Gasteiger partial charge in [0, 0.05) is 26.2 Å². The number of aliphatic imine (C=N–C) groups is 1. The zero-order chi connectivity index (χ0) is 18.6. The van der Waals surface area contributed by atoms with E-state index < -0.39 is 6.10 Å². The number of carbonyl (C=O) groups is 1. The Morgan fingerprint density at radius 1 is 1.12 bits per heavy atom. The molecule has 0 bridgehead atoms. The Kier molecular flexibility index (Phi) is 8.21. The molecule has 1 heterocycles. The molecule has 1 aromatic heterocycles. The first-order valence-corrected chi connectivity index (χ1v) is 8.77. The van der Waals surface area contributed by atoms with Crippen LogP contribution in [0.5, 0.6) is 0 Å². The molecule has 7 nitrogen and oxygen atoms in total. The third-order valence-corrected chi connectivity index (χ3v) is 3.65. The predicted octanol–water partition coefficient (Wildman–Crippen LogP) is 1.69. The van der Waals surface area contributed by atoms with Crippen molar-refractivity contribution in [2.75, 3.05) is 26.2 Å². The highest BCUT2D eigenvalue weighted by Crippen LogP contribution is 2.15. The average molecular weight is 358 g/mol. The van der Waals surface area contributed by atoms with Gasteiger partial charge in [-0.05, 0) is 31.0 Å². The highest BCUT2D eigenvalue weighted by atomic mass is 16.3. The van der Waals surface area contributed by atoms with Gasteiger partial charge >= 0.3 is 0 Å². The molecule has 0 saturated carbocycles. The molecule has 0 aliphatic carbocycles. The van der Waals surface area contributed by atoms with Crippen LogP contribution in [-0.2, 0) is 0 Å². The summed E-state index contributed by atoms with van der Waals surface area (Å²) >= 11 is 0. The molecule has 0 saturated heterocycles. The van der Waals surface area contributed by atoms with Crippen molar-refractivity contribution in [2.45, 2.75) is 19.4 Å². The Bertz CT molecular complexity index is 671. The number of nitrogens with zero attached hydrogens (tertiary/aromatic N) is 1. The third-order valence-electron chi connectivity index (χ3n) is 3.65. The standard InChI is InChI=1S/C19H26N4O3/c1-2-20-19(22-11-10-16(24)15-7-4-3-5-8-15)23-13-12-21-18(25)17-9-6-14-26-17/h3-9,14,16,24H,2,10-13H2,1H3,(H,21,25)(H2,20,22,23). The molecular formula is C19H26N4O3. The zero-order valence-electron chi connectivity index (χ0n) is 14.9. The smallest absolute Gasteiger partial charge is 0.287 e. The van der Waals surface area contributed by atoms with E-state index in [-0.39, 0.29) is 5.91 Å². The van der Waals surface area contributed by atoms with E-state index in [0.717, 1.165) is 12.1 Å². The molecule has 1 atom stereocenters. The lowest BCUT2D eigenvalue weighted by Gasteiger charge is -2.13. The van der Waals surface area contributed by atoms with Crippen molar-refractivity contribution in [3.8, 4) is 0 Å². The summed E-state index contributed by atoms with van der Waals surface area (Å²) in [6.07, 6.45) is 1.47. The van der Waals surface area contributed by atoms with Crippen LogP contribution in [0.1, 0.15) is 35.6 Å². The number of hydrogen-bond acceptors (Lipinski definition) is 4. The molecule has 0 aliphatic rings. The zero-order valence-corrected chi connectivity index (χ0v) is 14.9. The number of carbonyl (C=O) groups excluding carboxylic acids is 1. The van der Waals surface area contributed by atoms with Crippen molar-refractivity contribution >= 4 is 11.9 Å². The minimum absolute atomic E-state index is 0.246. The highest BCUT2D eigenvalue weighted by Gasteiger charge is 2.08. The average Bonchev–Trinajstić information content (AvgIpc) is 3.20. The summed E-state index contributed by atoms with van der Waals surface area (Å²) in [6, 6.07) is 12.8. The van der Waals surface area contributed by atoms with Crippen LogP contribution in [0.15, 0.2) is 58.1 Å². The first-order valence-electron chi connectivity index (χ1n) is 8.77. The van der Waals surface area contributed by atoms with Crippen LogP contribution in [0.25, 0.3) is 0 Å². The van der Waals surface area contributed by atoms with Crippen LogP contribution < -0.4 is 16.0 Å². The number of furan rings is 1. The number of rotatable bonds is 9. The highest BCUT2D eigenvalue weighted by molar-refractivity contribution is 5.91. The first-order chi connectivity index (χ1) is 12.7. The largest absolute Gasteiger partial charge is 0.459 e. The summed E-state index contributed by atoms with van der Waals surface area (Å²) in [5.74, 6) is 0.699. The molecule has 26 heavy (non-hydrogen) atoms. The molecule has 0 aliphatic heterocycles. The normalized spacial score (nSPS) is 12.5. The summed E-state index contributed by atoms with van der Waals surface area (Å²) in [5.41, 5.74) is 0.890. The van der Waals surface area contributed by atoms with E-state index in [1.54, 1.807) is 12.1 Å². The lowest BCUT2D eigenvalue weighted by atomic mass is 10.1. The molecule has 0 spiro atoms. The lowest BCUT2D eigenvalue weighted by Crippen LogP contribution is -2.41. The van der Waals surface area contributed by atoms with Gasteiger partial charge in [0.05, 0.1) is 12.4 Å². The van der Waals surface area contributed by atoms with Crippen molar-refractivity contribution in [1.82, 2.24) is 16.0 Å². The van der Waals surface area contributed by atoms with Gasteiger partial charge < -0.3 is 25.5 Å². The van der Waals surface area contributed by atoms with Crippen LogP contribution in [0.2, 0.25) is 0 Å². The van der Waals surface area contributed by atoms with Gasteiger partial charge in [-0.15, -0.1) is 0 Å². The summed E-state index contributed by atoms with van der Waals surface area (Å²) in [6.45, 7) is 4.17. The monoisotopic (exact) mass is 358 g/mol. The maximum absolute atomic E-state index is 11.8. The van der Waals surface area contributed by atoms with Gasteiger partial charge in [-0.2, -0.15) is 0 Å². The Morgan fingerprint density at radius 3 is 2.58 bits per heavy atom. The second kappa shape index (κ2) is 10.9. The van der Waals surface area contributed by atoms with E-state index >= 15 is 0 Å². The topological polar surface area (TPSA) is 98.9 Å². The number of aliphatic hydroxyl groups excluding tert-OH is 1. The quantitative estimate of drug-likeness (QED) is 0.311. The minimum atomic E-state index is -0.532. The predicted molar refractivity (Wildman–Crippen MR) is 101 cm³/mol. The van der Waals surface area contributed by atoms with Gasteiger partial charge in [-0.25, -0.2) is 0 Å². The lowest BCUT2D eigenvalue weighted by molar-refractivity contribution is 0.0926. The molecule has 7 heteroatoms. The maximum Gasteiger partial charge on any atom is 0.287 e. The Morgan fingerprint density at radius 2 is 1.88 bits per heavy atom. The van der Waals surface area contributed by atoms with E-state index in [1.807, 2.05) is 37.3 Å². The Labute approximate surface area is 153 Å². The van der Waals surface area contributed by atoms with Crippen LogP contribution in [-0.4, -0.2) is 43.2 Å². The SMILES string of the molecule is CCNC(=NCCC(O)c1ccccc1)NCCNC(=O)c1ccco1. The summed E-state index contributed by atoms with van der Waals surface area (Å²) in [7, 11) is 0. The molecule has 1 unspecified atom stereocenters. The van der Waals surface area contributed by atoms with Crippen molar-refractivity contribution in [3.05, 3.63) is 60.1 Å².